The SMILES string of the molecule is C/C=C/C[C@@H](C)C[C@@H]1C(=O)N[C@H](CC)C(=O)N(C)CC(=O)N(C)[C@@H](CC(C)(C)O)C(=O)N[C@H](C(C)C)C(=O)N(C)[C@H](CCC(C)C)C(=O)N[C@H](C)C(=O)N[C@@H](C)C(=O)N(C)[C@@H](CC(C)C)C(=O)N(C)[C@H](CCC(C)C)C(=O)N(C)[C@H](C(C)C)C(=O)N1C. The summed E-state index contributed by atoms with van der Waals surface area (Å²) in [4.78, 5) is 169. The van der Waals surface area contributed by atoms with Crippen LogP contribution in [-0.4, -0.2) is 226 Å². The molecular formula is C64H115N11O12. The van der Waals surface area contributed by atoms with Gasteiger partial charge in [-0.15, -0.1) is 0 Å². The smallest absolute Gasteiger partial charge is 0.246 e. The highest BCUT2D eigenvalue weighted by molar-refractivity contribution is 5.99. The lowest BCUT2D eigenvalue weighted by molar-refractivity contribution is -0.156. The summed E-state index contributed by atoms with van der Waals surface area (Å²) >= 11 is 0. The molecule has 1 saturated heterocycles. The highest BCUT2D eigenvalue weighted by Crippen LogP contribution is 2.26. The normalized spacial score (nSPS) is 26.3. The lowest BCUT2D eigenvalue weighted by Gasteiger charge is -2.40. The van der Waals surface area contributed by atoms with Gasteiger partial charge in [0.15, 0.2) is 0 Å². The number of hydrogen-bond donors (Lipinski definition) is 5. The molecule has 0 aromatic heterocycles. The van der Waals surface area contributed by atoms with Crippen molar-refractivity contribution in [1.29, 1.82) is 0 Å². The Balaban J connectivity index is 4.33. The summed E-state index contributed by atoms with van der Waals surface area (Å²) in [6.45, 7) is 29.3. The van der Waals surface area contributed by atoms with Gasteiger partial charge in [-0.05, 0) is 121 Å². The van der Waals surface area contributed by atoms with Crippen LogP contribution in [0.1, 0.15) is 175 Å². The maximum Gasteiger partial charge on any atom is 0.246 e. The summed E-state index contributed by atoms with van der Waals surface area (Å²) in [7, 11) is 10.1. The Kier molecular flexibility index (Phi) is 32.4. The summed E-state index contributed by atoms with van der Waals surface area (Å²) in [5.41, 5.74) is -1.53. The number of hydrogen-bond acceptors (Lipinski definition) is 12. The van der Waals surface area contributed by atoms with E-state index in [4.69, 9.17) is 0 Å². The predicted octanol–water partition coefficient (Wildman–Crippen LogP) is 4.19. The molecule has 0 aromatic carbocycles. The fourth-order valence-corrected chi connectivity index (χ4v) is 10.8. The first kappa shape index (κ1) is 78.9. The average Bonchev–Trinajstić information content (AvgIpc) is 1.38. The molecule has 23 heteroatoms. The molecule has 0 aliphatic carbocycles. The lowest BCUT2D eigenvalue weighted by Crippen LogP contribution is -2.61. The van der Waals surface area contributed by atoms with Crippen molar-refractivity contribution >= 4 is 65.0 Å². The van der Waals surface area contributed by atoms with Crippen LogP contribution in [0.4, 0.5) is 0 Å². The number of nitrogens with one attached hydrogen (secondary N) is 4. The maximum atomic E-state index is 15.2. The van der Waals surface area contributed by atoms with Gasteiger partial charge in [-0.25, -0.2) is 0 Å². The first-order valence-electron chi connectivity index (χ1n) is 31.5. The van der Waals surface area contributed by atoms with Gasteiger partial charge in [0.25, 0.3) is 0 Å². The van der Waals surface area contributed by atoms with E-state index in [2.05, 4.69) is 21.3 Å². The molecule has 0 spiro atoms. The summed E-state index contributed by atoms with van der Waals surface area (Å²) in [5, 5.41) is 22.2. The zero-order chi connectivity index (χ0) is 67.4. The quantitative estimate of drug-likeness (QED) is 0.128. The minimum atomic E-state index is -1.53. The van der Waals surface area contributed by atoms with Gasteiger partial charge in [-0.1, -0.05) is 95.2 Å². The Bertz CT molecular complexity index is 2370. The number of nitrogens with zero attached hydrogens (tertiary/aromatic N) is 7. The third-order valence-electron chi connectivity index (χ3n) is 16.6. The van der Waals surface area contributed by atoms with E-state index in [0.29, 0.717) is 19.3 Å². The highest BCUT2D eigenvalue weighted by atomic mass is 16.3. The number of carbonyl (C=O) groups is 11. The Morgan fingerprint density at radius 2 is 0.977 bits per heavy atom. The van der Waals surface area contributed by atoms with E-state index >= 15 is 14.4 Å². The second kappa shape index (κ2) is 35.8. The van der Waals surface area contributed by atoms with E-state index in [1.54, 1.807) is 34.6 Å². The number of aliphatic hydroxyl groups is 1. The second-order valence-corrected chi connectivity index (χ2v) is 27.1. The van der Waals surface area contributed by atoms with Crippen molar-refractivity contribution in [2.75, 3.05) is 55.9 Å². The van der Waals surface area contributed by atoms with Crippen LogP contribution in [-0.2, 0) is 52.7 Å². The van der Waals surface area contributed by atoms with Crippen molar-refractivity contribution in [2.45, 2.75) is 242 Å². The standard InChI is InChI=1S/C64H115N11O12/c1-25-27-28-42(13)34-48-56(79)67-45(26-2)59(82)69(18)36-51(76)70(19)50(35-64(16,17)87)57(80)68-52(40(9)10)62(85)71(20)46(31-29-37(3)4)55(78)65-43(14)54(77)66-44(15)58(81)74(23)49(33-39(7)8)61(84)72(21)47(32-30-38(5)6)60(83)75(24)53(41(11)12)63(86)73(48)22/h25,27,37-50,52-53,87H,26,28-36H2,1-24H3,(H,65,78)(H,66,77)(H,67,79)(H,68,80)/b27-25+/t42-,43-,44+,45-,46-,47-,48-,49+,50+,52-,53-/m1/s1. The molecule has 0 saturated carbocycles. The number of carbonyl (C=O) groups excluding carboxylic acids is 11. The van der Waals surface area contributed by atoms with Crippen LogP contribution in [0, 0.1) is 35.5 Å². The zero-order valence-electron chi connectivity index (χ0n) is 57.5. The topological polar surface area (TPSA) is 279 Å². The Morgan fingerprint density at radius 1 is 0.506 bits per heavy atom. The first-order valence-corrected chi connectivity index (χ1v) is 31.5. The van der Waals surface area contributed by atoms with Crippen molar-refractivity contribution in [3.8, 4) is 0 Å². The van der Waals surface area contributed by atoms with E-state index in [1.165, 1.54) is 102 Å². The molecular weight excluding hydrogens is 1110 g/mol. The summed E-state index contributed by atoms with van der Waals surface area (Å²) in [6, 6.07) is -12.0. The van der Waals surface area contributed by atoms with Crippen molar-refractivity contribution in [2.24, 2.45) is 35.5 Å². The van der Waals surface area contributed by atoms with Crippen molar-refractivity contribution in [1.82, 2.24) is 55.6 Å². The Morgan fingerprint density at radius 3 is 1.46 bits per heavy atom. The number of amides is 11. The Labute approximate surface area is 521 Å². The Hall–Kier alpha value is -6.13. The van der Waals surface area contributed by atoms with Crippen molar-refractivity contribution in [3.05, 3.63) is 12.2 Å². The second-order valence-electron chi connectivity index (χ2n) is 27.1. The van der Waals surface area contributed by atoms with Crippen LogP contribution in [0.5, 0.6) is 0 Å². The summed E-state index contributed by atoms with van der Waals surface area (Å²) in [6.07, 6.45) is 5.85. The fourth-order valence-electron chi connectivity index (χ4n) is 10.8. The van der Waals surface area contributed by atoms with E-state index in [1.807, 2.05) is 67.5 Å². The van der Waals surface area contributed by atoms with Crippen molar-refractivity contribution < 1.29 is 57.8 Å². The molecule has 1 aliphatic rings. The summed E-state index contributed by atoms with van der Waals surface area (Å²) < 4.78 is 0. The molecule has 23 nitrogen and oxygen atoms in total. The van der Waals surface area contributed by atoms with Gasteiger partial charge in [-0.3, -0.25) is 52.7 Å². The van der Waals surface area contributed by atoms with Gasteiger partial charge >= 0.3 is 0 Å². The largest absolute Gasteiger partial charge is 0.390 e. The molecule has 87 heavy (non-hydrogen) atoms. The van der Waals surface area contributed by atoms with Gasteiger partial charge in [-0.2, -0.15) is 0 Å². The zero-order valence-corrected chi connectivity index (χ0v) is 57.5. The molecule has 498 valence electrons. The number of rotatable bonds is 17. The molecule has 11 atom stereocenters. The van der Waals surface area contributed by atoms with E-state index in [9.17, 15) is 43.5 Å². The molecule has 0 unspecified atom stereocenters. The number of allylic oxidation sites excluding steroid dienone is 2. The minimum absolute atomic E-state index is 0.0745. The third-order valence-corrected chi connectivity index (χ3v) is 16.6. The van der Waals surface area contributed by atoms with E-state index < -0.39 is 149 Å². The van der Waals surface area contributed by atoms with Crippen LogP contribution in [0.2, 0.25) is 0 Å². The average molecular weight is 1230 g/mol. The molecule has 1 heterocycles. The molecule has 0 bridgehead atoms. The third kappa shape index (κ3) is 23.7. The molecule has 0 aromatic rings. The molecule has 5 N–H and O–H groups in total. The first-order chi connectivity index (χ1) is 40.1. The minimum Gasteiger partial charge on any atom is -0.390 e. The molecule has 1 aliphatic heterocycles. The van der Waals surface area contributed by atoms with Crippen LogP contribution in [0.3, 0.4) is 0 Å². The van der Waals surface area contributed by atoms with Crippen LogP contribution in [0.15, 0.2) is 12.2 Å². The van der Waals surface area contributed by atoms with Gasteiger partial charge in [0.05, 0.1) is 12.1 Å². The molecule has 1 rings (SSSR count). The van der Waals surface area contributed by atoms with Crippen LogP contribution < -0.4 is 21.3 Å². The van der Waals surface area contributed by atoms with Gasteiger partial charge in [0.2, 0.25) is 65.0 Å². The van der Waals surface area contributed by atoms with Crippen LogP contribution >= 0.6 is 0 Å². The monoisotopic (exact) mass is 1230 g/mol. The van der Waals surface area contributed by atoms with E-state index in [-0.39, 0.29) is 62.2 Å². The van der Waals surface area contributed by atoms with Gasteiger partial charge < -0.3 is 60.7 Å². The fraction of sp³-hybridized carbons (Fsp3) is 0.797. The van der Waals surface area contributed by atoms with Crippen molar-refractivity contribution in [3.63, 3.8) is 0 Å². The molecule has 1 fully saturated rings. The van der Waals surface area contributed by atoms with Gasteiger partial charge in [0, 0.05) is 55.8 Å². The molecule has 11 amide bonds. The highest BCUT2D eigenvalue weighted by Gasteiger charge is 2.44. The lowest BCUT2D eigenvalue weighted by atomic mass is 9.94. The molecule has 0 radical (unpaired) electrons. The maximum absolute atomic E-state index is 15.2. The predicted molar refractivity (Wildman–Crippen MR) is 338 cm³/mol. The van der Waals surface area contributed by atoms with Gasteiger partial charge in [0.1, 0.15) is 60.4 Å². The van der Waals surface area contributed by atoms with Crippen LogP contribution in [0.25, 0.3) is 0 Å². The number of likely N-dealkylation sites (N-methyl/N-ethyl adjacent to an activating group) is 7. The summed E-state index contributed by atoms with van der Waals surface area (Å²) in [5.74, 6) is -8.36. The van der Waals surface area contributed by atoms with E-state index in [0.717, 1.165) is 9.80 Å².